The first-order valence-corrected chi connectivity index (χ1v) is 6.74. The van der Waals surface area contributed by atoms with Crippen LogP contribution in [0.5, 0.6) is 0 Å². The van der Waals surface area contributed by atoms with Gasteiger partial charge in [-0.2, -0.15) is 11.8 Å². The predicted molar refractivity (Wildman–Crippen MR) is 64.1 cm³/mol. The first kappa shape index (κ1) is 13.3. The molecule has 1 aliphatic heterocycles. The quantitative estimate of drug-likeness (QED) is 0.859. The Balaban J connectivity index is 2.00. The van der Waals surface area contributed by atoms with Crippen molar-refractivity contribution >= 4 is 17.7 Å². The van der Waals surface area contributed by atoms with Crippen molar-refractivity contribution < 1.29 is 18.0 Å². The third kappa shape index (κ3) is 2.98. The zero-order valence-corrected chi connectivity index (χ0v) is 10.3. The lowest BCUT2D eigenvalue weighted by molar-refractivity contribution is 0.0947. The highest BCUT2D eigenvalue weighted by atomic mass is 32.2. The predicted octanol–water partition coefficient (Wildman–Crippen LogP) is 2.59. The number of amides is 1. The first-order chi connectivity index (χ1) is 8.58. The Morgan fingerprint density at radius 2 is 2.00 bits per heavy atom. The minimum Gasteiger partial charge on any atom is -0.352 e. The van der Waals surface area contributed by atoms with Crippen molar-refractivity contribution in [2.45, 2.75) is 6.42 Å². The summed E-state index contributed by atoms with van der Waals surface area (Å²) in [4.78, 5) is 11.6. The Morgan fingerprint density at radius 1 is 1.33 bits per heavy atom. The number of rotatable bonds is 3. The molecule has 1 saturated heterocycles. The zero-order chi connectivity index (χ0) is 13.1. The summed E-state index contributed by atoms with van der Waals surface area (Å²) in [6, 6.07) is 1.41. The van der Waals surface area contributed by atoms with Gasteiger partial charge in [0.1, 0.15) is 0 Å². The number of hydrogen-bond donors (Lipinski definition) is 1. The topological polar surface area (TPSA) is 29.1 Å². The summed E-state index contributed by atoms with van der Waals surface area (Å²) < 4.78 is 38.6. The highest BCUT2D eigenvalue weighted by molar-refractivity contribution is 7.99. The molecule has 1 fully saturated rings. The lowest BCUT2D eigenvalue weighted by Gasteiger charge is -2.10. The van der Waals surface area contributed by atoms with Crippen LogP contribution in [0.1, 0.15) is 16.8 Å². The van der Waals surface area contributed by atoms with Crippen molar-refractivity contribution in [2.24, 2.45) is 5.92 Å². The molecule has 0 spiro atoms. The molecule has 1 atom stereocenters. The van der Waals surface area contributed by atoms with E-state index in [4.69, 9.17) is 0 Å². The van der Waals surface area contributed by atoms with Crippen molar-refractivity contribution in [1.82, 2.24) is 5.32 Å². The molecule has 1 aromatic rings. The van der Waals surface area contributed by atoms with Gasteiger partial charge in [0, 0.05) is 12.1 Å². The average Bonchev–Trinajstić information content (AvgIpc) is 2.85. The molecular weight excluding hydrogens is 263 g/mol. The second-order valence-corrected chi connectivity index (χ2v) is 5.34. The molecule has 1 aliphatic rings. The molecule has 1 aromatic carbocycles. The van der Waals surface area contributed by atoms with Crippen LogP contribution in [0.15, 0.2) is 12.1 Å². The van der Waals surface area contributed by atoms with E-state index >= 15 is 0 Å². The summed E-state index contributed by atoms with van der Waals surface area (Å²) >= 11 is 1.82. The van der Waals surface area contributed by atoms with Gasteiger partial charge in [-0.15, -0.1) is 0 Å². The van der Waals surface area contributed by atoms with Crippen LogP contribution in [0, 0.1) is 23.4 Å². The molecule has 2 nitrogen and oxygen atoms in total. The summed E-state index contributed by atoms with van der Waals surface area (Å²) in [6.45, 7) is 0.479. The number of halogens is 3. The molecule has 18 heavy (non-hydrogen) atoms. The van der Waals surface area contributed by atoms with Crippen molar-refractivity contribution in [3.8, 4) is 0 Å². The molecule has 0 aliphatic carbocycles. The summed E-state index contributed by atoms with van der Waals surface area (Å²) in [7, 11) is 0. The van der Waals surface area contributed by atoms with E-state index in [9.17, 15) is 18.0 Å². The molecular formula is C12H12F3NOS. The number of hydrogen-bond acceptors (Lipinski definition) is 2. The summed E-state index contributed by atoms with van der Waals surface area (Å²) in [5.74, 6) is -2.39. The van der Waals surface area contributed by atoms with Crippen LogP contribution < -0.4 is 5.32 Å². The van der Waals surface area contributed by atoms with Gasteiger partial charge in [0.15, 0.2) is 17.5 Å². The van der Waals surface area contributed by atoms with Gasteiger partial charge in [0.25, 0.3) is 5.91 Å². The number of thioether (sulfide) groups is 1. The SMILES string of the molecule is O=C(NCC1CCSC1)c1cc(F)c(F)c(F)c1. The average molecular weight is 275 g/mol. The summed E-state index contributed by atoms with van der Waals surface area (Å²) in [6.07, 6.45) is 1.02. The van der Waals surface area contributed by atoms with E-state index in [1.807, 2.05) is 11.8 Å². The normalized spacial score (nSPS) is 18.9. The molecule has 98 valence electrons. The fourth-order valence-electron chi connectivity index (χ4n) is 1.77. The van der Waals surface area contributed by atoms with Gasteiger partial charge in [-0.3, -0.25) is 4.79 Å². The Labute approximate surface area is 107 Å². The van der Waals surface area contributed by atoms with E-state index in [1.165, 1.54) is 0 Å². The molecule has 6 heteroatoms. The second-order valence-electron chi connectivity index (χ2n) is 4.19. The van der Waals surface area contributed by atoms with Gasteiger partial charge in [-0.05, 0) is 36.0 Å². The molecule has 0 bridgehead atoms. The van der Waals surface area contributed by atoms with Crippen LogP contribution in [-0.2, 0) is 0 Å². The third-order valence-electron chi connectivity index (χ3n) is 2.82. The fraction of sp³-hybridized carbons (Fsp3) is 0.417. The highest BCUT2D eigenvalue weighted by Gasteiger charge is 2.18. The van der Waals surface area contributed by atoms with E-state index in [0.29, 0.717) is 24.6 Å². The monoisotopic (exact) mass is 275 g/mol. The Bertz CT molecular complexity index is 438. The van der Waals surface area contributed by atoms with E-state index in [-0.39, 0.29) is 5.56 Å². The van der Waals surface area contributed by atoms with Gasteiger partial charge >= 0.3 is 0 Å². The van der Waals surface area contributed by atoms with Gasteiger partial charge in [0.05, 0.1) is 0 Å². The van der Waals surface area contributed by atoms with Crippen molar-refractivity contribution in [1.29, 1.82) is 0 Å². The number of benzene rings is 1. The maximum absolute atomic E-state index is 12.9. The van der Waals surface area contributed by atoms with E-state index < -0.39 is 23.4 Å². The number of nitrogens with one attached hydrogen (secondary N) is 1. The van der Waals surface area contributed by atoms with E-state index in [0.717, 1.165) is 17.9 Å². The van der Waals surface area contributed by atoms with E-state index in [1.54, 1.807) is 0 Å². The Kier molecular flexibility index (Phi) is 4.16. The minimum absolute atomic E-state index is 0.197. The molecule has 1 amide bonds. The van der Waals surface area contributed by atoms with Gasteiger partial charge in [-0.1, -0.05) is 0 Å². The minimum atomic E-state index is -1.56. The second kappa shape index (κ2) is 5.65. The van der Waals surface area contributed by atoms with Crippen molar-refractivity contribution in [3.63, 3.8) is 0 Å². The third-order valence-corrected chi connectivity index (χ3v) is 4.05. The molecule has 0 radical (unpaired) electrons. The molecule has 1 unspecified atom stereocenters. The maximum Gasteiger partial charge on any atom is 0.251 e. The summed E-state index contributed by atoms with van der Waals surface area (Å²) in [5.41, 5.74) is -0.197. The van der Waals surface area contributed by atoms with Crippen LogP contribution in [0.25, 0.3) is 0 Å². The Hall–Kier alpha value is -1.17. The van der Waals surface area contributed by atoms with Crippen LogP contribution >= 0.6 is 11.8 Å². The largest absolute Gasteiger partial charge is 0.352 e. The lowest BCUT2D eigenvalue weighted by Crippen LogP contribution is -2.29. The van der Waals surface area contributed by atoms with Crippen molar-refractivity contribution in [2.75, 3.05) is 18.1 Å². The molecule has 0 saturated carbocycles. The number of carbonyl (C=O) groups excluding carboxylic acids is 1. The van der Waals surface area contributed by atoms with Gasteiger partial charge in [-0.25, -0.2) is 13.2 Å². The molecule has 1 N–H and O–H groups in total. The smallest absolute Gasteiger partial charge is 0.251 e. The lowest BCUT2D eigenvalue weighted by atomic mass is 10.1. The van der Waals surface area contributed by atoms with Crippen LogP contribution in [0.2, 0.25) is 0 Å². The van der Waals surface area contributed by atoms with E-state index in [2.05, 4.69) is 5.32 Å². The van der Waals surface area contributed by atoms with Crippen LogP contribution in [0.4, 0.5) is 13.2 Å². The van der Waals surface area contributed by atoms with Crippen LogP contribution in [0.3, 0.4) is 0 Å². The Morgan fingerprint density at radius 3 is 2.56 bits per heavy atom. The zero-order valence-electron chi connectivity index (χ0n) is 9.51. The van der Waals surface area contributed by atoms with Gasteiger partial charge < -0.3 is 5.32 Å². The fourth-order valence-corrected chi connectivity index (χ4v) is 3.05. The van der Waals surface area contributed by atoms with Gasteiger partial charge in [0.2, 0.25) is 0 Å². The molecule has 2 rings (SSSR count). The first-order valence-electron chi connectivity index (χ1n) is 5.58. The standard InChI is InChI=1S/C12H12F3NOS/c13-9-3-8(4-10(14)11(9)15)12(17)16-5-7-1-2-18-6-7/h3-4,7H,1-2,5-6H2,(H,16,17). The number of carbonyl (C=O) groups is 1. The molecule has 0 aromatic heterocycles. The summed E-state index contributed by atoms with van der Waals surface area (Å²) in [5, 5.41) is 2.61. The molecule has 1 heterocycles. The highest BCUT2D eigenvalue weighted by Crippen LogP contribution is 2.22. The van der Waals surface area contributed by atoms with Crippen LogP contribution in [-0.4, -0.2) is 24.0 Å². The van der Waals surface area contributed by atoms with Crippen molar-refractivity contribution in [3.05, 3.63) is 35.1 Å². The maximum atomic E-state index is 12.9.